The minimum atomic E-state index is -0.0686. The number of guanidine groups is 1. The summed E-state index contributed by atoms with van der Waals surface area (Å²) in [5.74, 6) is 0.797. The van der Waals surface area contributed by atoms with E-state index in [1.54, 1.807) is 7.11 Å². The van der Waals surface area contributed by atoms with Crippen molar-refractivity contribution in [2.45, 2.75) is 76.9 Å². The first kappa shape index (κ1) is 22.9. The predicted octanol–water partition coefficient (Wildman–Crippen LogP) is 2.31. The quantitative estimate of drug-likeness (QED) is 0.242. The number of hydrogen-bond acceptors (Lipinski definition) is 5. The number of carbonyl (C=O) groups is 1. The van der Waals surface area contributed by atoms with Gasteiger partial charge >= 0.3 is 5.97 Å². The van der Waals surface area contributed by atoms with Gasteiger partial charge in [0.2, 0.25) is 0 Å². The standard InChI is InChI=1S/C21H40N4O3/c1-3-22-21(23-13-6-10-20(26)28-19-8-4-5-9-19)24-18-11-15-25(16-12-18)14-7-17-27-2/h18-19H,3-17H2,1-2H3,(H2,22,23,24). The largest absolute Gasteiger partial charge is 0.462 e. The van der Waals surface area contributed by atoms with Crippen LogP contribution in [0.15, 0.2) is 4.99 Å². The Labute approximate surface area is 170 Å². The molecule has 7 nitrogen and oxygen atoms in total. The number of piperidine rings is 1. The summed E-state index contributed by atoms with van der Waals surface area (Å²) in [6.07, 6.45) is 9.15. The minimum Gasteiger partial charge on any atom is -0.462 e. The molecule has 1 aliphatic heterocycles. The summed E-state index contributed by atoms with van der Waals surface area (Å²) >= 11 is 0. The van der Waals surface area contributed by atoms with E-state index < -0.39 is 0 Å². The maximum atomic E-state index is 11.9. The molecule has 0 aromatic rings. The third-order valence-corrected chi connectivity index (χ3v) is 5.50. The lowest BCUT2D eigenvalue weighted by Gasteiger charge is -2.33. The number of esters is 1. The van der Waals surface area contributed by atoms with E-state index in [1.165, 1.54) is 12.8 Å². The molecule has 0 atom stereocenters. The van der Waals surface area contributed by atoms with Crippen molar-refractivity contribution >= 4 is 11.9 Å². The van der Waals surface area contributed by atoms with Gasteiger partial charge in [0.15, 0.2) is 5.96 Å². The molecule has 0 unspecified atom stereocenters. The Hall–Kier alpha value is -1.34. The van der Waals surface area contributed by atoms with Gasteiger partial charge in [-0.1, -0.05) is 0 Å². The van der Waals surface area contributed by atoms with Crippen molar-refractivity contribution in [2.75, 3.05) is 46.4 Å². The van der Waals surface area contributed by atoms with Crippen molar-refractivity contribution in [3.8, 4) is 0 Å². The van der Waals surface area contributed by atoms with Gasteiger partial charge in [0.1, 0.15) is 6.10 Å². The van der Waals surface area contributed by atoms with Crippen LogP contribution in [0.5, 0.6) is 0 Å². The molecule has 1 heterocycles. The molecule has 2 N–H and O–H groups in total. The lowest BCUT2D eigenvalue weighted by Crippen LogP contribution is -2.48. The molecule has 2 rings (SSSR count). The minimum absolute atomic E-state index is 0.0686. The molecule has 0 radical (unpaired) electrons. The van der Waals surface area contributed by atoms with E-state index in [1.807, 2.05) is 0 Å². The Bertz CT molecular complexity index is 459. The van der Waals surface area contributed by atoms with Gasteiger partial charge in [-0.15, -0.1) is 0 Å². The van der Waals surface area contributed by atoms with Gasteiger partial charge in [-0.05, 0) is 58.3 Å². The van der Waals surface area contributed by atoms with Crippen LogP contribution >= 0.6 is 0 Å². The number of rotatable bonds is 11. The van der Waals surface area contributed by atoms with Gasteiger partial charge in [0, 0.05) is 58.9 Å². The highest BCUT2D eigenvalue weighted by molar-refractivity contribution is 5.80. The zero-order chi connectivity index (χ0) is 20.0. The van der Waals surface area contributed by atoms with Gasteiger partial charge < -0.3 is 25.0 Å². The number of nitrogens with zero attached hydrogens (tertiary/aromatic N) is 2. The van der Waals surface area contributed by atoms with E-state index >= 15 is 0 Å². The second-order valence-electron chi connectivity index (χ2n) is 7.87. The third-order valence-electron chi connectivity index (χ3n) is 5.50. The van der Waals surface area contributed by atoms with Crippen LogP contribution < -0.4 is 10.6 Å². The summed E-state index contributed by atoms with van der Waals surface area (Å²) < 4.78 is 10.6. The number of ether oxygens (including phenoxy) is 2. The van der Waals surface area contributed by atoms with E-state index in [0.717, 1.165) is 77.3 Å². The third kappa shape index (κ3) is 9.24. The van der Waals surface area contributed by atoms with Crippen molar-refractivity contribution in [1.29, 1.82) is 0 Å². The fourth-order valence-corrected chi connectivity index (χ4v) is 3.91. The number of methoxy groups -OCH3 is 1. The summed E-state index contributed by atoms with van der Waals surface area (Å²) in [7, 11) is 1.76. The lowest BCUT2D eigenvalue weighted by molar-refractivity contribution is -0.148. The predicted molar refractivity (Wildman–Crippen MR) is 113 cm³/mol. The fraction of sp³-hybridized carbons (Fsp3) is 0.905. The molecule has 28 heavy (non-hydrogen) atoms. The zero-order valence-electron chi connectivity index (χ0n) is 17.9. The first-order valence-corrected chi connectivity index (χ1v) is 11.2. The van der Waals surface area contributed by atoms with Crippen LogP contribution in [-0.2, 0) is 14.3 Å². The Morgan fingerprint density at radius 2 is 1.89 bits per heavy atom. The highest BCUT2D eigenvalue weighted by atomic mass is 16.5. The Balaban J connectivity index is 1.62. The average molecular weight is 397 g/mol. The van der Waals surface area contributed by atoms with Gasteiger partial charge in [-0.3, -0.25) is 9.79 Å². The van der Waals surface area contributed by atoms with Crippen LogP contribution in [0.4, 0.5) is 0 Å². The summed E-state index contributed by atoms with van der Waals surface area (Å²) in [5.41, 5.74) is 0. The number of carbonyl (C=O) groups excluding carboxylic acids is 1. The van der Waals surface area contributed by atoms with Crippen LogP contribution in [0.1, 0.15) is 64.7 Å². The van der Waals surface area contributed by atoms with Crippen molar-refractivity contribution in [3.63, 3.8) is 0 Å². The van der Waals surface area contributed by atoms with Crippen molar-refractivity contribution in [2.24, 2.45) is 4.99 Å². The second-order valence-corrected chi connectivity index (χ2v) is 7.87. The highest BCUT2D eigenvalue weighted by Gasteiger charge is 2.20. The van der Waals surface area contributed by atoms with E-state index in [9.17, 15) is 4.79 Å². The SMILES string of the molecule is CCNC(=NCCCC(=O)OC1CCCC1)NC1CCN(CCCOC)CC1. The number of likely N-dealkylation sites (tertiary alicyclic amines) is 1. The number of aliphatic imine (C=N–C) groups is 1. The Morgan fingerprint density at radius 3 is 2.57 bits per heavy atom. The molecule has 1 saturated heterocycles. The summed E-state index contributed by atoms with van der Waals surface area (Å²) in [4.78, 5) is 19.1. The number of nitrogens with one attached hydrogen (secondary N) is 2. The maximum Gasteiger partial charge on any atom is 0.306 e. The smallest absolute Gasteiger partial charge is 0.306 e. The van der Waals surface area contributed by atoms with Gasteiger partial charge in [0.25, 0.3) is 0 Å². The Kier molecular flexibility index (Phi) is 11.3. The van der Waals surface area contributed by atoms with Gasteiger partial charge in [-0.25, -0.2) is 0 Å². The van der Waals surface area contributed by atoms with Crippen LogP contribution in [0, 0.1) is 0 Å². The highest BCUT2D eigenvalue weighted by Crippen LogP contribution is 2.21. The topological polar surface area (TPSA) is 75.2 Å². The molecule has 0 aromatic heterocycles. The van der Waals surface area contributed by atoms with E-state index in [-0.39, 0.29) is 12.1 Å². The van der Waals surface area contributed by atoms with E-state index in [2.05, 4.69) is 27.4 Å². The molecule has 2 fully saturated rings. The fourth-order valence-electron chi connectivity index (χ4n) is 3.91. The molecule has 7 heteroatoms. The molecule has 162 valence electrons. The molecule has 0 bridgehead atoms. The lowest BCUT2D eigenvalue weighted by atomic mass is 10.1. The van der Waals surface area contributed by atoms with Crippen LogP contribution in [0.25, 0.3) is 0 Å². The molecule has 1 aliphatic carbocycles. The second kappa shape index (κ2) is 13.8. The summed E-state index contributed by atoms with van der Waals surface area (Å²) in [5, 5.41) is 6.89. The molecule has 2 aliphatic rings. The molecule has 0 amide bonds. The molecular weight excluding hydrogens is 356 g/mol. The first-order valence-electron chi connectivity index (χ1n) is 11.2. The van der Waals surface area contributed by atoms with E-state index in [0.29, 0.717) is 19.0 Å². The van der Waals surface area contributed by atoms with Crippen molar-refractivity contribution < 1.29 is 14.3 Å². The van der Waals surface area contributed by atoms with E-state index in [4.69, 9.17) is 9.47 Å². The van der Waals surface area contributed by atoms with Crippen molar-refractivity contribution in [3.05, 3.63) is 0 Å². The molecule has 0 aromatic carbocycles. The maximum absolute atomic E-state index is 11.9. The zero-order valence-corrected chi connectivity index (χ0v) is 17.9. The first-order chi connectivity index (χ1) is 13.7. The van der Waals surface area contributed by atoms with Crippen LogP contribution in [0.3, 0.4) is 0 Å². The van der Waals surface area contributed by atoms with Crippen molar-refractivity contribution in [1.82, 2.24) is 15.5 Å². The molecule has 0 spiro atoms. The van der Waals surface area contributed by atoms with Crippen LogP contribution in [0.2, 0.25) is 0 Å². The molecule has 1 saturated carbocycles. The Morgan fingerprint density at radius 1 is 1.14 bits per heavy atom. The summed E-state index contributed by atoms with van der Waals surface area (Å²) in [6, 6.07) is 0.462. The van der Waals surface area contributed by atoms with Crippen LogP contribution in [-0.4, -0.2) is 75.4 Å². The number of hydrogen-bond donors (Lipinski definition) is 2. The summed E-state index contributed by atoms with van der Waals surface area (Å²) in [6.45, 7) is 7.75. The van der Waals surface area contributed by atoms with Gasteiger partial charge in [0.05, 0.1) is 0 Å². The normalized spacial score (nSPS) is 19.7. The monoisotopic (exact) mass is 396 g/mol. The average Bonchev–Trinajstić information content (AvgIpc) is 3.20. The molecular formula is C21H40N4O3. The van der Waals surface area contributed by atoms with Gasteiger partial charge in [-0.2, -0.15) is 0 Å².